The van der Waals surface area contributed by atoms with Crippen LogP contribution < -0.4 is 0 Å². The molecular weight excluding hydrogens is 370 g/mol. The molecule has 0 aliphatic carbocycles. The Morgan fingerprint density at radius 1 is 1.11 bits per heavy atom. The van der Waals surface area contributed by atoms with Gasteiger partial charge < -0.3 is 4.90 Å². The third kappa shape index (κ3) is 4.45. The fraction of sp³-hybridized carbons (Fsp3) is 0.304. The summed E-state index contributed by atoms with van der Waals surface area (Å²) in [6.45, 7) is 6.78. The van der Waals surface area contributed by atoms with E-state index < -0.39 is 0 Å². The van der Waals surface area contributed by atoms with Crippen molar-refractivity contribution < 1.29 is 4.79 Å². The first-order valence-electron chi connectivity index (χ1n) is 9.69. The predicted octanol–water partition coefficient (Wildman–Crippen LogP) is 5.53. The lowest BCUT2D eigenvalue weighted by Crippen LogP contribution is -2.36. The molecule has 0 radical (unpaired) electrons. The van der Waals surface area contributed by atoms with Crippen molar-refractivity contribution in [1.29, 1.82) is 0 Å². The molecule has 0 aliphatic rings. The van der Waals surface area contributed by atoms with Crippen molar-refractivity contribution in [3.05, 3.63) is 82.6 Å². The number of hydrogen-bond acceptors (Lipinski definition) is 2. The summed E-state index contributed by atoms with van der Waals surface area (Å²) in [6.07, 6.45) is 3.41. The lowest BCUT2D eigenvalue weighted by atomic mass is 10.1. The maximum atomic E-state index is 13.4. The minimum Gasteiger partial charge on any atom is -0.332 e. The van der Waals surface area contributed by atoms with Crippen LogP contribution in [0.1, 0.15) is 48.8 Å². The monoisotopic (exact) mass is 395 g/mol. The number of benzene rings is 2. The van der Waals surface area contributed by atoms with E-state index in [0.717, 1.165) is 29.8 Å². The fourth-order valence-electron chi connectivity index (χ4n) is 3.26. The summed E-state index contributed by atoms with van der Waals surface area (Å²) in [7, 11) is 0. The van der Waals surface area contributed by atoms with Crippen LogP contribution in [0.4, 0.5) is 0 Å². The summed E-state index contributed by atoms with van der Waals surface area (Å²) in [5, 5.41) is 5.21. The van der Waals surface area contributed by atoms with E-state index in [1.165, 1.54) is 0 Å². The number of aromatic nitrogens is 2. The molecular formula is C23H26ClN3O. The molecule has 0 bridgehead atoms. The van der Waals surface area contributed by atoms with Gasteiger partial charge in [0.2, 0.25) is 0 Å². The van der Waals surface area contributed by atoms with E-state index in [9.17, 15) is 4.79 Å². The highest BCUT2D eigenvalue weighted by Crippen LogP contribution is 2.22. The molecule has 0 atom stereocenters. The molecule has 0 spiro atoms. The second-order valence-corrected chi connectivity index (χ2v) is 7.59. The molecule has 2 aromatic carbocycles. The molecule has 0 fully saturated rings. The van der Waals surface area contributed by atoms with Crippen molar-refractivity contribution in [3.63, 3.8) is 0 Å². The van der Waals surface area contributed by atoms with Crippen LogP contribution >= 0.6 is 11.6 Å². The highest BCUT2D eigenvalue weighted by molar-refractivity contribution is 6.30. The van der Waals surface area contributed by atoms with Gasteiger partial charge in [-0.25, -0.2) is 4.68 Å². The van der Waals surface area contributed by atoms with Crippen LogP contribution in [-0.2, 0) is 13.0 Å². The molecule has 3 rings (SSSR count). The van der Waals surface area contributed by atoms with Crippen molar-refractivity contribution in [2.24, 2.45) is 0 Å². The number of carbonyl (C=O) groups is 1. The Morgan fingerprint density at radius 3 is 2.39 bits per heavy atom. The van der Waals surface area contributed by atoms with Gasteiger partial charge in [0.15, 0.2) is 0 Å². The summed E-state index contributed by atoms with van der Waals surface area (Å²) in [5.41, 5.74) is 3.63. The zero-order chi connectivity index (χ0) is 20.1. The Kier molecular flexibility index (Phi) is 6.53. The number of amides is 1. The van der Waals surface area contributed by atoms with Crippen LogP contribution in [0, 0.1) is 0 Å². The van der Waals surface area contributed by atoms with E-state index in [1.54, 1.807) is 6.20 Å². The van der Waals surface area contributed by atoms with Crippen molar-refractivity contribution in [2.45, 2.75) is 46.2 Å². The highest BCUT2D eigenvalue weighted by atomic mass is 35.5. The number of nitrogens with zero attached hydrogens (tertiary/aromatic N) is 3. The zero-order valence-corrected chi connectivity index (χ0v) is 17.4. The van der Waals surface area contributed by atoms with E-state index in [0.29, 0.717) is 17.1 Å². The van der Waals surface area contributed by atoms with Gasteiger partial charge in [-0.2, -0.15) is 5.10 Å². The predicted molar refractivity (Wildman–Crippen MR) is 114 cm³/mol. The molecule has 28 heavy (non-hydrogen) atoms. The van der Waals surface area contributed by atoms with E-state index in [-0.39, 0.29) is 11.9 Å². The molecule has 146 valence electrons. The molecule has 5 heteroatoms. The second kappa shape index (κ2) is 9.07. The van der Waals surface area contributed by atoms with Gasteiger partial charge in [0.25, 0.3) is 5.91 Å². The van der Waals surface area contributed by atoms with Crippen LogP contribution in [0.15, 0.2) is 60.8 Å². The van der Waals surface area contributed by atoms with Gasteiger partial charge in [0, 0.05) is 17.6 Å². The van der Waals surface area contributed by atoms with Crippen molar-refractivity contribution in [1.82, 2.24) is 14.7 Å². The van der Waals surface area contributed by atoms with E-state index in [1.807, 2.05) is 78.0 Å². The van der Waals surface area contributed by atoms with Crippen molar-refractivity contribution in [2.75, 3.05) is 0 Å². The Hall–Kier alpha value is -2.59. The van der Waals surface area contributed by atoms with Crippen molar-refractivity contribution >= 4 is 17.5 Å². The minimum absolute atomic E-state index is 0.0162. The van der Waals surface area contributed by atoms with E-state index >= 15 is 0 Å². The minimum atomic E-state index is 0.0162. The lowest BCUT2D eigenvalue weighted by Gasteiger charge is -2.27. The molecule has 0 saturated carbocycles. The van der Waals surface area contributed by atoms with Crippen LogP contribution in [0.25, 0.3) is 5.69 Å². The first-order chi connectivity index (χ1) is 13.5. The van der Waals surface area contributed by atoms with Gasteiger partial charge >= 0.3 is 0 Å². The summed E-state index contributed by atoms with van der Waals surface area (Å²) in [4.78, 5) is 15.3. The number of halogens is 1. The zero-order valence-electron chi connectivity index (χ0n) is 16.6. The molecule has 1 amide bonds. The molecule has 1 heterocycles. The van der Waals surface area contributed by atoms with E-state index in [2.05, 4.69) is 12.0 Å². The Bertz CT molecular complexity index is 917. The van der Waals surface area contributed by atoms with Gasteiger partial charge in [-0.3, -0.25) is 4.79 Å². The molecule has 3 aromatic rings. The second-order valence-electron chi connectivity index (χ2n) is 7.16. The molecule has 4 nitrogen and oxygen atoms in total. The maximum absolute atomic E-state index is 13.4. The smallest absolute Gasteiger partial charge is 0.257 e. The first-order valence-corrected chi connectivity index (χ1v) is 10.1. The standard InChI is InChI=1S/C23H26ClN3O/c1-4-8-22-21(15-25-27(22)20-13-11-19(24)12-14-20)23(28)26(17(2)3)16-18-9-6-5-7-10-18/h5-7,9-15,17H,4,8,16H2,1-3H3. The third-order valence-corrected chi connectivity index (χ3v) is 4.99. The molecule has 0 N–H and O–H groups in total. The van der Waals surface area contributed by atoms with Gasteiger partial charge in [-0.05, 0) is 50.1 Å². The molecule has 0 unspecified atom stereocenters. The van der Waals surface area contributed by atoms with Gasteiger partial charge in [-0.15, -0.1) is 0 Å². The summed E-state index contributed by atoms with van der Waals surface area (Å²) < 4.78 is 1.86. The number of hydrogen-bond donors (Lipinski definition) is 0. The average Bonchev–Trinajstić information content (AvgIpc) is 3.11. The SMILES string of the molecule is CCCc1c(C(=O)N(Cc2ccccc2)C(C)C)cnn1-c1ccc(Cl)cc1. The van der Waals surface area contributed by atoms with Crippen LogP contribution in [0.5, 0.6) is 0 Å². The third-order valence-electron chi connectivity index (χ3n) is 4.74. The summed E-state index contributed by atoms with van der Waals surface area (Å²) in [5.74, 6) is 0.0162. The van der Waals surface area contributed by atoms with Gasteiger partial charge in [0.1, 0.15) is 0 Å². The Morgan fingerprint density at radius 2 is 1.79 bits per heavy atom. The summed E-state index contributed by atoms with van der Waals surface area (Å²) in [6, 6.07) is 17.7. The Labute approximate surface area is 171 Å². The molecule has 0 aliphatic heterocycles. The quantitative estimate of drug-likeness (QED) is 0.527. The Balaban J connectivity index is 1.96. The average molecular weight is 396 g/mol. The largest absolute Gasteiger partial charge is 0.332 e. The topological polar surface area (TPSA) is 38.1 Å². The maximum Gasteiger partial charge on any atom is 0.257 e. The van der Waals surface area contributed by atoms with Crippen LogP contribution in [0.2, 0.25) is 5.02 Å². The molecule has 1 aromatic heterocycles. The summed E-state index contributed by atoms with van der Waals surface area (Å²) >= 11 is 6.02. The van der Waals surface area contributed by atoms with Crippen LogP contribution in [-0.4, -0.2) is 26.6 Å². The first kappa shape index (κ1) is 20.2. The van der Waals surface area contributed by atoms with Gasteiger partial charge in [-0.1, -0.05) is 55.3 Å². The van der Waals surface area contributed by atoms with Gasteiger partial charge in [0.05, 0.1) is 23.1 Å². The normalized spacial score (nSPS) is 11.0. The van der Waals surface area contributed by atoms with Crippen molar-refractivity contribution in [3.8, 4) is 5.69 Å². The fourth-order valence-corrected chi connectivity index (χ4v) is 3.38. The lowest BCUT2D eigenvalue weighted by molar-refractivity contribution is 0.0689. The number of carbonyl (C=O) groups excluding carboxylic acids is 1. The van der Waals surface area contributed by atoms with E-state index in [4.69, 9.17) is 11.6 Å². The number of rotatable bonds is 7. The molecule has 0 saturated heterocycles. The van der Waals surface area contributed by atoms with Crippen LogP contribution in [0.3, 0.4) is 0 Å². The highest BCUT2D eigenvalue weighted by Gasteiger charge is 2.24.